The number of halogens is 1. The van der Waals surface area contributed by atoms with Crippen LogP contribution in [0.2, 0.25) is 0 Å². The van der Waals surface area contributed by atoms with E-state index in [0.717, 1.165) is 0 Å². The molecule has 0 aliphatic heterocycles. The molecule has 3 N–H and O–H groups in total. The zero-order valence-electron chi connectivity index (χ0n) is 16.8. The van der Waals surface area contributed by atoms with Crippen molar-refractivity contribution in [1.82, 2.24) is 25.4 Å². The number of aromatic hydroxyl groups is 1. The first-order valence-corrected chi connectivity index (χ1v) is 9.40. The third-order valence-corrected chi connectivity index (χ3v) is 4.21. The predicted molar refractivity (Wildman–Crippen MR) is 115 cm³/mol. The monoisotopic (exact) mass is 420 g/mol. The summed E-state index contributed by atoms with van der Waals surface area (Å²) in [6.07, 6.45) is 12.7. The number of hydrogen-bond acceptors (Lipinski definition) is 8. The lowest BCUT2D eigenvalue weighted by Gasteiger charge is -2.10. The number of aromatic nitrogens is 4. The fraction of sp³-hybridized carbons (Fsp3) is 0.136. The van der Waals surface area contributed by atoms with E-state index in [0.29, 0.717) is 28.1 Å². The lowest BCUT2D eigenvalue weighted by atomic mass is 10.1. The molecule has 3 rings (SSSR count). The van der Waals surface area contributed by atoms with Gasteiger partial charge in [0.05, 0.1) is 11.3 Å². The van der Waals surface area contributed by atoms with Gasteiger partial charge < -0.3 is 14.9 Å². The Morgan fingerprint density at radius 2 is 2.10 bits per heavy atom. The normalized spacial score (nSPS) is 12.3. The molecule has 0 spiro atoms. The van der Waals surface area contributed by atoms with E-state index in [1.807, 2.05) is 6.92 Å². The van der Waals surface area contributed by atoms with Crippen LogP contribution >= 0.6 is 0 Å². The maximum Gasteiger partial charge on any atom is 0.222 e. The standard InChI is InChI=1S/C22H21FN6O2/c1-2-3-4-15(12-23)13-26-20(19-7-10-31-29-19)11-18(24)21-27-14-17(22(30)28-21)16-5-8-25-9-6-16/h2-11,14,24,26H,12-13H2,1H3,(H,27,28,30)/b3-2-,15-4+,20-11-,24-18?. The topological polar surface area (TPSA) is 121 Å². The number of allylic oxidation sites excluding steroid dienone is 4. The van der Waals surface area contributed by atoms with E-state index in [1.165, 1.54) is 18.5 Å². The Hall–Kier alpha value is -4.14. The van der Waals surface area contributed by atoms with Crippen LogP contribution in [-0.4, -0.2) is 44.1 Å². The highest BCUT2D eigenvalue weighted by Gasteiger charge is 2.13. The molecule has 3 aromatic rings. The number of rotatable bonds is 9. The maximum absolute atomic E-state index is 13.2. The third-order valence-electron chi connectivity index (χ3n) is 4.21. The first-order valence-electron chi connectivity index (χ1n) is 9.40. The second-order valence-electron chi connectivity index (χ2n) is 6.36. The van der Waals surface area contributed by atoms with Crippen molar-refractivity contribution in [3.63, 3.8) is 0 Å². The molecule has 3 heterocycles. The average Bonchev–Trinajstić information content (AvgIpc) is 3.33. The summed E-state index contributed by atoms with van der Waals surface area (Å²) in [5, 5.41) is 25.6. The molecular formula is C22H21FN6O2. The molecule has 0 fully saturated rings. The van der Waals surface area contributed by atoms with Crippen LogP contribution in [0.5, 0.6) is 5.88 Å². The second-order valence-corrected chi connectivity index (χ2v) is 6.36. The molecule has 0 bridgehead atoms. The fourth-order valence-electron chi connectivity index (χ4n) is 2.61. The molecule has 9 heteroatoms. The van der Waals surface area contributed by atoms with Crippen molar-refractivity contribution in [2.24, 2.45) is 0 Å². The van der Waals surface area contributed by atoms with E-state index >= 15 is 0 Å². The first-order chi connectivity index (χ1) is 15.1. The van der Waals surface area contributed by atoms with Crippen LogP contribution in [0, 0.1) is 5.41 Å². The third kappa shape index (κ3) is 5.69. The molecule has 0 saturated carbocycles. The minimum absolute atomic E-state index is 0.0216. The van der Waals surface area contributed by atoms with Crippen LogP contribution in [0.15, 0.2) is 77.5 Å². The van der Waals surface area contributed by atoms with Gasteiger partial charge >= 0.3 is 0 Å². The molecule has 0 aliphatic rings. The van der Waals surface area contributed by atoms with Gasteiger partial charge in [0.2, 0.25) is 5.88 Å². The van der Waals surface area contributed by atoms with E-state index in [4.69, 9.17) is 9.93 Å². The van der Waals surface area contributed by atoms with Crippen LogP contribution in [-0.2, 0) is 0 Å². The van der Waals surface area contributed by atoms with Gasteiger partial charge in [0.15, 0.2) is 5.82 Å². The van der Waals surface area contributed by atoms with Crippen molar-refractivity contribution in [2.75, 3.05) is 13.2 Å². The summed E-state index contributed by atoms with van der Waals surface area (Å²) in [5.74, 6) is -0.229. The molecule has 8 nitrogen and oxygen atoms in total. The Morgan fingerprint density at radius 1 is 1.29 bits per heavy atom. The lowest BCUT2D eigenvalue weighted by molar-refractivity contribution is 0.417. The van der Waals surface area contributed by atoms with Gasteiger partial charge in [-0.3, -0.25) is 10.4 Å². The Balaban J connectivity index is 1.85. The molecule has 0 amide bonds. The highest BCUT2D eigenvalue weighted by atomic mass is 19.1. The molecule has 0 unspecified atom stereocenters. The number of nitrogens with one attached hydrogen (secondary N) is 2. The van der Waals surface area contributed by atoms with Crippen molar-refractivity contribution in [1.29, 1.82) is 5.41 Å². The van der Waals surface area contributed by atoms with Crippen molar-refractivity contribution >= 4 is 11.4 Å². The van der Waals surface area contributed by atoms with Crippen molar-refractivity contribution in [3.05, 3.63) is 84.4 Å². The molecule has 0 aliphatic carbocycles. The van der Waals surface area contributed by atoms with Gasteiger partial charge in [0.25, 0.3) is 0 Å². The summed E-state index contributed by atoms with van der Waals surface area (Å²) in [7, 11) is 0. The molecule has 0 saturated heterocycles. The molecule has 31 heavy (non-hydrogen) atoms. The number of nitrogens with zero attached hydrogens (tertiary/aromatic N) is 4. The van der Waals surface area contributed by atoms with Crippen LogP contribution in [0.3, 0.4) is 0 Å². The molecule has 0 radical (unpaired) electrons. The minimum Gasteiger partial charge on any atom is -0.493 e. The van der Waals surface area contributed by atoms with Crippen molar-refractivity contribution in [2.45, 2.75) is 6.92 Å². The van der Waals surface area contributed by atoms with Gasteiger partial charge in [0.1, 0.15) is 24.3 Å². The second kappa shape index (κ2) is 10.6. The van der Waals surface area contributed by atoms with E-state index in [-0.39, 0.29) is 24.0 Å². The summed E-state index contributed by atoms with van der Waals surface area (Å²) in [5.41, 5.74) is 2.46. The van der Waals surface area contributed by atoms with Gasteiger partial charge in [-0.2, -0.15) is 4.98 Å². The Bertz CT molecular complexity index is 1110. The zero-order chi connectivity index (χ0) is 22.1. The van der Waals surface area contributed by atoms with Crippen LogP contribution in [0.4, 0.5) is 4.39 Å². The average molecular weight is 420 g/mol. The lowest BCUT2D eigenvalue weighted by Crippen LogP contribution is -2.18. The predicted octanol–water partition coefficient (Wildman–Crippen LogP) is 3.70. The summed E-state index contributed by atoms with van der Waals surface area (Å²) in [4.78, 5) is 12.2. The van der Waals surface area contributed by atoms with Gasteiger partial charge in [0, 0.05) is 31.2 Å². The smallest absolute Gasteiger partial charge is 0.222 e. The SMILES string of the molecule is C/C=C\C=C(/CF)CN/C(=C\C(=N)c1ncc(-c2ccncc2)c(O)n1)c1ccon1. The number of hydrogen-bond donors (Lipinski definition) is 3. The summed E-state index contributed by atoms with van der Waals surface area (Å²) >= 11 is 0. The highest BCUT2D eigenvalue weighted by molar-refractivity contribution is 6.07. The quantitative estimate of drug-likeness (QED) is 0.356. The molecule has 0 atom stereocenters. The van der Waals surface area contributed by atoms with Crippen LogP contribution in [0.25, 0.3) is 16.8 Å². The zero-order valence-corrected chi connectivity index (χ0v) is 16.8. The number of alkyl halides is 1. The largest absolute Gasteiger partial charge is 0.493 e. The van der Waals surface area contributed by atoms with Crippen LogP contribution in [0.1, 0.15) is 18.4 Å². The van der Waals surface area contributed by atoms with E-state index in [9.17, 15) is 9.50 Å². The maximum atomic E-state index is 13.2. The molecule has 158 valence electrons. The summed E-state index contributed by atoms with van der Waals surface area (Å²) in [6.45, 7) is 1.44. The molecule has 3 aromatic heterocycles. The Morgan fingerprint density at radius 3 is 2.74 bits per heavy atom. The van der Waals surface area contributed by atoms with Crippen molar-refractivity contribution in [3.8, 4) is 17.0 Å². The van der Waals surface area contributed by atoms with E-state index in [1.54, 1.807) is 48.8 Å². The van der Waals surface area contributed by atoms with Crippen molar-refractivity contribution < 1.29 is 14.0 Å². The highest BCUT2D eigenvalue weighted by Crippen LogP contribution is 2.26. The Kier molecular flexibility index (Phi) is 7.36. The van der Waals surface area contributed by atoms with Gasteiger partial charge in [-0.1, -0.05) is 23.4 Å². The minimum atomic E-state index is -0.617. The summed E-state index contributed by atoms with van der Waals surface area (Å²) < 4.78 is 18.1. The number of pyridine rings is 1. The fourth-order valence-corrected chi connectivity index (χ4v) is 2.61. The van der Waals surface area contributed by atoms with Gasteiger partial charge in [-0.15, -0.1) is 0 Å². The first kappa shape index (κ1) is 21.6. The molecular weight excluding hydrogens is 399 g/mol. The van der Waals surface area contributed by atoms with E-state index in [2.05, 4.69) is 25.4 Å². The summed E-state index contributed by atoms with van der Waals surface area (Å²) in [6, 6.07) is 5.06. The van der Waals surface area contributed by atoms with Gasteiger partial charge in [-0.25, -0.2) is 9.37 Å². The molecule has 0 aromatic carbocycles. The van der Waals surface area contributed by atoms with Crippen LogP contribution < -0.4 is 5.32 Å². The Labute approximate surface area is 178 Å². The van der Waals surface area contributed by atoms with E-state index < -0.39 is 6.67 Å². The van der Waals surface area contributed by atoms with Gasteiger partial charge in [-0.05, 0) is 36.3 Å².